The molecule has 0 saturated carbocycles. The van der Waals surface area contributed by atoms with Crippen molar-refractivity contribution in [3.05, 3.63) is 195 Å². The topological polar surface area (TPSA) is 107 Å². The predicted octanol–water partition coefficient (Wildman–Crippen LogP) is 13.1. The van der Waals surface area contributed by atoms with E-state index in [-0.39, 0.29) is 39.5 Å². The van der Waals surface area contributed by atoms with Crippen LogP contribution in [0.3, 0.4) is 0 Å². The first-order valence-electron chi connectivity index (χ1n) is 43.1. The van der Waals surface area contributed by atoms with Crippen LogP contribution in [0, 0.1) is 55.9 Å². The van der Waals surface area contributed by atoms with Gasteiger partial charge < -0.3 is 44.6 Å². The molecule has 3 fully saturated rings. The summed E-state index contributed by atoms with van der Waals surface area (Å²) in [6.07, 6.45) is -38.4. The number of hydrogen-bond acceptors (Lipinski definition) is 9. The van der Waals surface area contributed by atoms with Gasteiger partial charge >= 0.3 is 0 Å². The number of aliphatic hydroxyl groups excluding tert-OH is 3. The number of benzene rings is 6. The molecule has 0 spiro atoms. The molecular weight excluding hydrogens is 1070 g/mol. The Hall–Kier alpha value is -5.25. The van der Waals surface area contributed by atoms with Gasteiger partial charge in [-0.15, -0.1) is 0 Å². The van der Waals surface area contributed by atoms with E-state index >= 15 is 0 Å². The lowest BCUT2D eigenvalue weighted by Crippen LogP contribution is -2.36. The van der Waals surface area contributed by atoms with Crippen LogP contribution in [0.25, 0.3) is 0 Å². The first-order chi connectivity index (χ1) is 52.8. The Morgan fingerprint density at radius 3 is 1.09 bits per heavy atom. The van der Waals surface area contributed by atoms with Gasteiger partial charge in [0.15, 0.2) is 0 Å². The van der Waals surface area contributed by atoms with Crippen molar-refractivity contribution < 1.29 is 96.2 Å². The Bertz CT molecular complexity index is 4310. The van der Waals surface area contributed by atoms with Gasteiger partial charge in [0.05, 0.1) is 39.6 Å². The number of methoxy groups -OCH3 is 3. The van der Waals surface area contributed by atoms with Crippen molar-refractivity contribution >= 4 is 15.9 Å². The molecule has 9 rings (SSSR count). The Kier molecular flexibility index (Phi) is 11.7. The van der Waals surface area contributed by atoms with E-state index in [1.807, 2.05) is 0 Å². The Morgan fingerprint density at radius 1 is 0.506 bits per heavy atom. The van der Waals surface area contributed by atoms with Crippen molar-refractivity contribution in [2.45, 2.75) is 96.4 Å². The number of nitrogens with zero attached hydrogens (tertiary/aromatic N) is 2. The van der Waals surface area contributed by atoms with E-state index in [2.05, 4.69) is 15.9 Å². The molecule has 0 radical (unpaired) electrons. The zero-order chi connectivity index (χ0) is 91.7. The fraction of sp³-hybridized carbons (Fsp3) is 0.455. The average molecular weight is 1190 g/mol. The molecule has 79 heavy (non-hydrogen) atoms. The second kappa shape index (κ2) is 32.9. The minimum absolute atomic E-state index is 0.0743. The normalized spacial score (nSPS) is 33.9. The van der Waals surface area contributed by atoms with Crippen LogP contribution in [0.15, 0.2) is 127 Å². The highest BCUT2D eigenvalue weighted by Gasteiger charge is 2.30. The van der Waals surface area contributed by atoms with Gasteiger partial charge in [0.2, 0.25) is 0 Å². The third-order valence-electron chi connectivity index (χ3n) is 11.1. The number of para-hydroxylation sites is 3. The molecule has 3 aliphatic rings. The molecule has 3 aliphatic heterocycles. The SMILES string of the molecule is [2H]C([2H])(Br)C([2H])([2H])c1ccc(F)cc1.[2H]C([2H])(c1ccc(F)cc1)C([2H])([2H])N1C([2H])([2H])C([2H])([2H])C([2H])(C(O)c2cccc(C)c2OC)C([2H])([2H])C1([2H])[2H].[2H]C([2H])(c1ccc(F)cc1)C([2H])([2H])N1C([2H])([2H])C([2H])([2H])C([2H])([C@@H](O)c2cccc(C)c2OC)C([2H])([2H])C1([2H])[2H].[2H]C1([2H])NC([2H])([2H])C([2H])([2H])C([2H])(C(O)c2cccc(C)c2OC)C1([2H])[2H]. The highest BCUT2D eigenvalue weighted by atomic mass is 79.9. The standard InChI is InChI=1S/2C22H28FNO2.C14H21NO2.C8H8BrF/c2*1-16-4-3-5-20(22(16)26-2)21(25)18-11-14-24(15-12-18)13-10-17-6-8-19(23)9-7-17;1-10-4-3-5-12(14(10)17-2)13(16)11-6-8-15-9-7-11;9-6-5-7-1-3-8(10)4-2-7/h2*3-9,18,21,25H,10-15H2,1-2H3;3-5,11,13,15-16H,6-9H2,1-2H3;1-4H,5-6H2/t21-;;;/m1.../s1/i2*10D2,11D2,12D2,13D2,14D2,15D2,18D;6D2,7D2,8D2,9D2,11D;5D2,6D2. The fourth-order valence-electron chi connectivity index (χ4n) is 7.23. The summed E-state index contributed by atoms with van der Waals surface area (Å²) in [5, 5.41) is 33.0. The number of halogens is 4. The Morgan fingerprint density at radius 2 is 0.797 bits per heavy atom. The maximum Gasteiger partial charge on any atom is 0.127 e. The Balaban J connectivity index is 0.000000258. The van der Waals surface area contributed by atoms with E-state index in [1.54, 1.807) is 44.3 Å². The van der Waals surface area contributed by atoms with E-state index in [9.17, 15) is 28.5 Å². The van der Waals surface area contributed by atoms with Crippen LogP contribution in [0.2, 0.25) is 0 Å². The van der Waals surface area contributed by atoms with Crippen LogP contribution in [-0.4, -0.2) is 104 Å². The van der Waals surface area contributed by atoms with E-state index in [0.29, 0.717) is 16.7 Å². The highest BCUT2D eigenvalue weighted by molar-refractivity contribution is 9.09. The summed E-state index contributed by atoms with van der Waals surface area (Å²) in [6, 6.07) is 23.9. The van der Waals surface area contributed by atoms with Gasteiger partial charge in [-0.25, -0.2) is 13.2 Å². The van der Waals surface area contributed by atoms with E-state index in [0.717, 1.165) is 60.7 Å². The zero-order valence-corrected chi connectivity index (χ0v) is 44.9. The molecule has 13 heteroatoms. The molecule has 0 bridgehead atoms. The van der Waals surface area contributed by atoms with Gasteiger partial charge in [-0.2, -0.15) is 0 Å². The molecule has 9 nitrogen and oxygen atoms in total. The second-order valence-electron chi connectivity index (χ2n) is 16.5. The van der Waals surface area contributed by atoms with Crippen molar-refractivity contribution in [3.63, 3.8) is 0 Å². The number of likely N-dealkylation sites (tertiary alicyclic amines) is 2. The lowest BCUT2D eigenvalue weighted by Gasteiger charge is -2.34. The highest BCUT2D eigenvalue weighted by Crippen LogP contribution is 2.39. The summed E-state index contributed by atoms with van der Waals surface area (Å²) in [4.78, 5) is -1.08. The molecule has 428 valence electrons. The summed E-state index contributed by atoms with van der Waals surface area (Å²) >= 11 is 2.62. The lowest BCUT2D eigenvalue weighted by atomic mass is 9.86. The number of piperidine rings is 3. The smallest absolute Gasteiger partial charge is 0.127 e. The van der Waals surface area contributed by atoms with E-state index in [1.165, 1.54) is 69.9 Å². The molecular formula is C66H85BrF3N3O6. The monoisotopic (exact) mass is 1190 g/mol. The molecule has 0 amide bonds. The largest absolute Gasteiger partial charge is 0.496 e. The summed E-state index contributed by atoms with van der Waals surface area (Å²) in [5.74, 6) is -12.7. The number of nitrogens with one attached hydrogen (secondary N) is 1. The first-order valence-corrected chi connectivity index (χ1v) is 24.4. The van der Waals surface area contributed by atoms with Crippen LogP contribution in [0.5, 0.6) is 17.2 Å². The number of aliphatic hydroxyl groups is 3. The van der Waals surface area contributed by atoms with Crippen LogP contribution in [0.4, 0.5) is 13.2 Å². The van der Waals surface area contributed by atoms with Crippen LogP contribution < -0.4 is 19.5 Å². The number of rotatable bonds is 17. The minimum atomic E-state index is -3.95. The van der Waals surface area contributed by atoms with Crippen molar-refractivity contribution in [2.75, 3.05) is 78.6 Å². The van der Waals surface area contributed by atoms with E-state index < -0.39 is 189 Å². The van der Waals surface area contributed by atoms with Crippen molar-refractivity contribution in [2.24, 2.45) is 17.7 Å². The maximum absolute atomic E-state index is 13.5. The number of ether oxygens (including phenoxy) is 3. The van der Waals surface area contributed by atoms with Gasteiger partial charge in [0, 0.05) is 88.4 Å². The third kappa shape index (κ3) is 19.2. The summed E-state index contributed by atoms with van der Waals surface area (Å²) in [5.41, 5.74) is -0.479. The van der Waals surface area contributed by atoms with Crippen LogP contribution >= 0.6 is 15.9 Å². The van der Waals surface area contributed by atoms with Crippen LogP contribution in [0.1, 0.15) is 160 Å². The minimum Gasteiger partial charge on any atom is -0.496 e. The molecule has 2 unspecified atom stereocenters. The summed E-state index contributed by atoms with van der Waals surface area (Å²) in [6.45, 7) is -25.0. The molecule has 4 N–H and O–H groups in total. The van der Waals surface area contributed by atoms with Gasteiger partial charge in [-0.1, -0.05) is 107 Å². The van der Waals surface area contributed by atoms with Crippen molar-refractivity contribution in [1.29, 1.82) is 0 Å². The molecule has 6 aromatic carbocycles. The first kappa shape index (κ1) is 28.2. The van der Waals surface area contributed by atoms with Crippen molar-refractivity contribution in [3.8, 4) is 17.2 Å². The maximum atomic E-state index is 13.5. The molecule has 0 aromatic heterocycles. The predicted molar refractivity (Wildman–Crippen MR) is 316 cm³/mol. The third-order valence-corrected chi connectivity index (χ3v) is 11.3. The number of hydrogen-bond donors (Lipinski definition) is 4. The fourth-order valence-corrected chi connectivity index (χ4v) is 7.46. The molecule has 3 atom stereocenters. The molecule has 0 aliphatic carbocycles. The van der Waals surface area contributed by atoms with Gasteiger partial charge in [-0.3, -0.25) is 0 Å². The Labute approximate surface area is 532 Å². The average Bonchev–Trinajstić information content (AvgIpc) is 0.653. The summed E-state index contributed by atoms with van der Waals surface area (Å²) in [7, 11) is 3.69. The second-order valence-corrected chi connectivity index (χ2v) is 16.9. The van der Waals surface area contributed by atoms with Gasteiger partial charge in [-0.05, 0) is 205 Å². The molecule has 3 saturated heterocycles. The van der Waals surface area contributed by atoms with Gasteiger partial charge in [0.25, 0.3) is 0 Å². The molecule has 3 heterocycles. The lowest BCUT2D eigenvalue weighted by molar-refractivity contribution is 0.0573. The number of alkyl halides is 1. The molecule has 6 aromatic rings. The number of aryl methyl sites for hydroxylation is 6. The van der Waals surface area contributed by atoms with Gasteiger partial charge in [0.1, 0.15) is 34.7 Å². The van der Waals surface area contributed by atoms with E-state index in [4.69, 9.17) is 67.7 Å². The zero-order valence-electron chi connectivity index (χ0n) is 82.3. The quantitative estimate of drug-likeness (QED) is 0.0664. The van der Waals surface area contributed by atoms with Crippen LogP contribution in [-0.2, 0) is 19.1 Å². The van der Waals surface area contributed by atoms with Crippen molar-refractivity contribution in [1.82, 2.24) is 15.1 Å². The summed E-state index contributed by atoms with van der Waals surface area (Å²) < 4.78 is 380.